The predicted molar refractivity (Wildman–Crippen MR) is 69.8 cm³/mol. The van der Waals surface area contributed by atoms with Crippen LogP contribution >= 0.6 is 0 Å². The smallest absolute Gasteiger partial charge is 0.106 e. The predicted octanol–water partition coefficient (Wildman–Crippen LogP) is 3.46. The lowest BCUT2D eigenvalue weighted by Crippen LogP contribution is -2.00. The van der Waals surface area contributed by atoms with Gasteiger partial charge in [0.2, 0.25) is 0 Å². The highest BCUT2D eigenvalue weighted by Crippen LogP contribution is 2.20. The van der Waals surface area contributed by atoms with Crippen LogP contribution in [0.3, 0.4) is 0 Å². The third-order valence-electron chi connectivity index (χ3n) is 2.25. The minimum absolute atomic E-state index is 1.18. The van der Waals surface area contributed by atoms with Crippen LogP contribution in [0.2, 0.25) is 0 Å². The van der Waals surface area contributed by atoms with Gasteiger partial charge in [-0.1, -0.05) is 27.7 Å². The topological polar surface area (TPSA) is 45.8 Å². The van der Waals surface area contributed by atoms with Gasteiger partial charge in [-0.2, -0.15) is 5.10 Å². The molecule has 0 amide bonds. The number of nitrogens with one attached hydrogen (secondary N) is 1. The number of H-pyrrole nitrogens is 1. The van der Waals surface area contributed by atoms with Crippen molar-refractivity contribution in [2.45, 2.75) is 60.3 Å². The lowest BCUT2D eigenvalue weighted by atomic mass is 9.96. The molecule has 1 N–H and O–H groups in total. The molecule has 1 aromatic heterocycles. The molecular formula is C13H26N2O. The Morgan fingerprint density at radius 3 is 2.06 bits per heavy atom. The molecule has 3 nitrogen and oxygen atoms in total. The van der Waals surface area contributed by atoms with Gasteiger partial charge < -0.3 is 4.79 Å². The van der Waals surface area contributed by atoms with Gasteiger partial charge in [-0.05, 0) is 38.2 Å². The fourth-order valence-electron chi connectivity index (χ4n) is 1.64. The number of carbonyl (C=O) groups excluding carboxylic acids is 1. The average molecular weight is 226 g/mol. The summed E-state index contributed by atoms with van der Waals surface area (Å²) in [6, 6.07) is 0. The largest absolute Gasteiger partial charge is 0.307 e. The molecule has 94 valence electrons. The number of carbonyl (C=O) groups is 1. The molecule has 0 aliphatic heterocycles. The van der Waals surface area contributed by atoms with Crippen LogP contribution in [0.25, 0.3) is 0 Å². The second-order valence-corrected chi connectivity index (χ2v) is 2.98. The lowest BCUT2D eigenvalue weighted by Gasteiger charge is -2.08. The Balaban J connectivity index is 0. The molecule has 0 saturated heterocycles. The Hall–Kier alpha value is -1.12. The number of aryl methyl sites for hydroxylation is 2. The highest BCUT2D eigenvalue weighted by atomic mass is 16.1. The number of rotatable bonds is 0. The molecule has 16 heavy (non-hydrogen) atoms. The fourth-order valence-corrected chi connectivity index (χ4v) is 1.64. The summed E-state index contributed by atoms with van der Waals surface area (Å²) in [5.41, 5.74) is 4.06. The number of aromatic nitrogens is 2. The molecule has 0 bridgehead atoms. The zero-order valence-electron chi connectivity index (χ0n) is 11.4. The van der Waals surface area contributed by atoms with Crippen LogP contribution in [0.5, 0.6) is 0 Å². The molecule has 0 unspecified atom stereocenters. The first-order valence-electron chi connectivity index (χ1n) is 6.19. The Bertz CT molecular complexity index is 256. The van der Waals surface area contributed by atoms with Gasteiger partial charge in [0.1, 0.15) is 6.79 Å². The standard InChI is InChI=1S/C8H12N2.2C2H6.CH2O/c1-6-7-4-2-3-5-8(7)10-9-6;3*1-2/h2-5H2,1H3,(H,9,10);2*1-2H3;1H2. The summed E-state index contributed by atoms with van der Waals surface area (Å²) in [5.74, 6) is 0. The quantitative estimate of drug-likeness (QED) is 0.736. The first-order chi connectivity index (χ1) is 7.88. The van der Waals surface area contributed by atoms with Gasteiger partial charge in [-0.25, -0.2) is 0 Å². The van der Waals surface area contributed by atoms with Gasteiger partial charge in [0, 0.05) is 5.69 Å². The normalized spacial score (nSPS) is 11.6. The summed E-state index contributed by atoms with van der Waals surface area (Å²) in [7, 11) is 0. The molecule has 0 fully saturated rings. The van der Waals surface area contributed by atoms with E-state index in [2.05, 4.69) is 17.1 Å². The van der Waals surface area contributed by atoms with Crippen LogP contribution in [-0.4, -0.2) is 17.0 Å². The van der Waals surface area contributed by atoms with E-state index < -0.39 is 0 Å². The summed E-state index contributed by atoms with van der Waals surface area (Å²) in [6.07, 6.45) is 5.07. The maximum absolute atomic E-state index is 8.00. The van der Waals surface area contributed by atoms with E-state index in [1.54, 1.807) is 0 Å². The molecule has 1 aliphatic carbocycles. The lowest BCUT2D eigenvalue weighted by molar-refractivity contribution is -0.0979. The Morgan fingerprint density at radius 2 is 1.56 bits per heavy atom. The van der Waals surface area contributed by atoms with Crippen molar-refractivity contribution in [1.29, 1.82) is 0 Å². The highest BCUT2D eigenvalue weighted by molar-refractivity contribution is 5.26. The SMILES string of the molecule is C=O.CC.CC.Cc1[nH]nc2c1CCCC2. The van der Waals surface area contributed by atoms with Gasteiger partial charge >= 0.3 is 0 Å². The first kappa shape index (κ1) is 17.3. The molecule has 0 atom stereocenters. The van der Waals surface area contributed by atoms with E-state index in [4.69, 9.17) is 4.79 Å². The summed E-state index contributed by atoms with van der Waals surface area (Å²) in [4.78, 5) is 8.00. The van der Waals surface area contributed by atoms with E-state index in [-0.39, 0.29) is 0 Å². The first-order valence-corrected chi connectivity index (χ1v) is 6.19. The molecule has 1 heterocycles. The summed E-state index contributed by atoms with van der Waals surface area (Å²) in [5, 5.41) is 7.26. The second kappa shape index (κ2) is 12.0. The van der Waals surface area contributed by atoms with E-state index in [9.17, 15) is 0 Å². The summed E-state index contributed by atoms with van der Waals surface area (Å²) < 4.78 is 0. The maximum Gasteiger partial charge on any atom is 0.106 e. The summed E-state index contributed by atoms with van der Waals surface area (Å²) >= 11 is 0. The van der Waals surface area contributed by atoms with Crippen molar-refractivity contribution < 1.29 is 4.79 Å². The van der Waals surface area contributed by atoms with Crippen LogP contribution in [0.15, 0.2) is 0 Å². The van der Waals surface area contributed by atoms with Gasteiger partial charge in [0.25, 0.3) is 0 Å². The molecule has 2 rings (SSSR count). The number of aromatic amines is 1. The summed E-state index contributed by atoms with van der Waals surface area (Å²) in [6.45, 7) is 12.1. The fraction of sp³-hybridized carbons (Fsp3) is 0.692. The average Bonchev–Trinajstić information content (AvgIpc) is 2.79. The number of hydrogen-bond acceptors (Lipinski definition) is 2. The van der Waals surface area contributed by atoms with Gasteiger partial charge in [-0.15, -0.1) is 0 Å². The molecule has 1 aliphatic rings. The van der Waals surface area contributed by atoms with Crippen LogP contribution < -0.4 is 0 Å². The highest BCUT2D eigenvalue weighted by Gasteiger charge is 2.13. The maximum atomic E-state index is 8.00. The number of nitrogens with zero attached hydrogens (tertiary/aromatic N) is 1. The van der Waals surface area contributed by atoms with Gasteiger partial charge in [-0.3, -0.25) is 5.10 Å². The van der Waals surface area contributed by atoms with E-state index in [0.717, 1.165) is 0 Å². The van der Waals surface area contributed by atoms with Crippen molar-refractivity contribution in [3.63, 3.8) is 0 Å². The van der Waals surface area contributed by atoms with Gasteiger partial charge in [0.05, 0.1) is 5.69 Å². The molecule has 0 saturated carbocycles. The van der Waals surface area contributed by atoms with Crippen LogP contribution in [0, 0.1) is 6.92 Å². The van der Waals surface area contributed by atoms with Crippen molar-refractivity contribution in [3.05, 3.63) is 17.0 Å². The van der Waals surface area contributed by atoms with E-state index >= 15 is 0 Å². The zero-order chi connectivity index (χ0) is 13.0. The Labute approximate surface area is 99.7 Å². The zero-order valence-corrected chi connectivity index (χ0v) is 11.4. The Kier molecular flexibility index (Phi) is 12.9. The van der Waals surface area contributed by atoms with Gasteiger partial charge in [0.15, 0.2) is 0 Å². The van der Waals surface area contributed by atoms with Crippen molar-refractivity contribution in [2.24, 2.45) is 0 Å². The molecule has 3 heteroatoms. The molecule has 0 spiro atoms. The van der Waals surface area contributed by atoms with E-state index in [0.29, 0.717) is 0 Å². The molecule has 1 aromatic rings. The van der Waals surface area contributed by atoms with E-state index in [1.165, 1.54) is 42.6 Å². The van der Waals surface area contributed by atoms with Crippen molar-refractivity contribution >= 4 is 6.79 Å². The van der Waals surface area contributed by atoms with Crippen LogP contribution in [0.1, 0.15) is 57.5 Å². The van der Waals surface area contributed by atoms with Crippen LogP contribution in [-0.2, 0) is 17.6 Å². The third-order valence-corrected chi connectivity index (χ3v) is 2.25. The minimum Gasteiger partial charge on any atom is -0.307 e. The third kappa shape index (κ3) is 5.10. The molecule has 0 aromatic carbocycles. The Morgan fingerprint density at radius 1 is 1.06 bits per heavy atom. The molecular weight excluding hydrogens is 200 g/mol. The second-order valence-electron chi connectivity index (χ2n) is 2.98. The van der Waals surface area contributed by atoms with Crippen molar-refractivity contribution in [3.8, 4) is 0 Å². The number of hydrogen-bond donors (Lipinski definition) is 1. The van der Waals surface area contributed by atoms with E-state index in [1.807, 2.05) is 34.5 Å². The minimum atomic E-state index is 1.18. The molecule has 0 radical (unpaired) electrons. The number of fused-ring (bicyclic) bond motifs is 1. The van der Waals surface area contributed by atoms with Crippen molar-refractivity contribution in [1.82, 2.24) is 10.2 Å². The van der Waals surface area contributed by atoms with Crippen LogP contribution in [0.4, 0.5) is 0 Å². The van der Waals surface area contributed by atoms with Crippen molar-refractivity contribution in [2.75, 3.05) is 0 Å². The monoisotopic (exact) mass is 226 g/mol.